The predicted octanol–water partition coefficient (Wildman–Crippen LogP) is 3.38. The first-order valence-electron chi connectivity index (χ1n) is 5.40. The summed E-state index contributed by atoms with van der Waals surface area (Å²) >= 11 is 7.56. The Kier molecular flexibility index (Phi) is 4.23. The van der Waals surface area contributed by atoms with Crippen molar-refractivity contribution in [1.82, 2.24) is 0 Å². The van der Waals surface area contributed by atoms with Gasteiger partial charge in [-0.3, -0.25) is 0 Å². The number of benzene rings is 1. The Morgan fingerprint density at radius 2 is 2.22 bits per heavy atom. The highest BCUT2D eigenvalue weighted by Crippen LogP contribution is 2.23. The fraction of sp³-hybridized carbons (Fsp3) is 0.154. The van der Waals surface area contributed by atoms with E-state index in [4.69, 9.17) is 22.1 Å². The molecule has 0 bridgehead atoms. The fourth-order valence-corrected chi connectivity index (χ4v) is 2.39. The summed E-state index contributed by atoms with van der Waals surface area (Å²) in [7, 11) is 0. The van der Waals surface area contributed by atoms with Crippen LogP contribution in [0.1, 0.15) is 15.9 Å². The molecular formula is C13H12ClNO2S. The van der Waals surface area contributed by atoms with Crippen LogP contribution in [0, 0.1) is 0 Å². The van der Waals surface area contributed by atoms with E-state index in [0.717, 1.165) is 5.56 Å². The van der Waals surface area contributed by atoms with Crippen LogP contribution in [0.15, 0.2) is 35.0 Å². The first-order chi connectivity index (χ1) is 8.68. The van der Waals surface area contributed by atoms with E-state index in [1.807, 2.05) is 16.8 Å². The maximum Gasteiger partial charge on any atom is 0.339 e. The maximum absolute atomic E-state index is 11.8. The van der Waals surface area contributed by atoms with Gasteiger partial charge in [0.15, 0.2) is 0 Å². The van der Waals surface area contributed by atoms with Gasteiger partial charge in [0, 0.05) is 6.42 Å². The lowest BCUT2D eigenvalue weighted by atomic mass is 10.2. The van der Waals surface area contributed by atoms with Gasteiger partial charge >= 0.3 is 5.97 Å². The van der Waals surface area contributed by atoms with Crippen LogP contribution in [0.2, 0.25) is 5.02 Å². The van der Waals surface area contributed by atoms with Crippen LogP contribution < -0.4 is 5.73 Å². The summed E-state index contributed by atoms with van der Waals surface area (Å²) in [5, 5.41) is 4.27. The molecule has 18 heavy (non-hydrogen) atoms. The Balaban J connectivity index is 1.93. The highest BCUT2D eigenvalue weighted by molar-refractivity contribution is 7.07. The first-order valence-corrected chi connectivity index (χ1v) is 6.73. The number of anilines is 1. The van der Waals surface area contributed by atoms with Crippen LogP contribution in [0.3, 0.4) is 0 Å². The normalized spacial score (nSPS) is 10.3. The molecule has 0 atom stereocenters. The van der Waals surface area contributed by atoms with Crippen LogP contribution in [-0.4, -0.2) is 12.6 Å². The summed E-state index contributed by atoms with van der Waals surface area (Å²) in [5.41, 5.74) is 7.47. The number of esters is 1. The van der Waals surface area contributed by atoms with E-state index in [0.29, 0.717) is 24.3 Å². The number of halogens is 1. The lowest BCUT2D eigenvalue weighted by Gasteiger charge is -2.07. The maximum atomic E-state index is 11.8. The van der Waals surface area contributed by atoms with Gasteiger partial charge in [0.2, 0.25) is 0 Å². The van der Waals surface area contributed by atoms with Crippen molar-refractivity contribution in [2.75, 3.05) is 12.3 Å². The molecule has 0 aliphatic heterocycles. The van der Waals surface area contributed by atoms with Crippen molar-refractivity contribution in [3.8, 4) is 0 Å². The smallest absolute Gasteiger partial charge is 0.339 e. The Morgan fingerprint density at radius 3 is 2.94 bits per heavy atom. The molecule has 1 heterocycles. The third-order valence-electron chi connectivity index (χ3n) is 2.45. The SMILES string of the molecule is Nc1cccc(C(=O)OCCc2ccsc2)c1Cl. The van der Waals surface area contributed by atoms with Crippen molar-refractivity contribution in [3.63, 3.8) is 0 Å². The minimum Gasteiger partial charge on any atom is -0.462 e. The molecule has 1 aromatic heterocycles. The summed E-state index contributed by atoms with van der Waals surface area (Å²) in [6.45, 7) is 0.334. The third kappa shape index (κ3) is 3.03. The molecule has 0 saturated heterocycles. The van der Waals surface area contributed by atoms with Crippen molar-refractivity contribution in [3.05, 3.63) is 51.2 Å². The van der Waals surface area contributed by atoms with Crippen molar-refractivity contribution in [2.24, 2.45) is 0 Å². The number of nitrogens with two attached hydrogens (primary N) is 1. The van der Waals surface area contributed by atoms with Gasteiger partial charge in [0.05, 0.1) is 22.9 Å². The summed E-state index contributed by atoms with van der Waals surface area (Å²) in [6.07, 6.45) is 0.704. The Bertz CT molecular complexity index is 540. The van der Waals surface area contributed by atoms with Crippen molar-refractivity contribution >= 4 is 34.6 Å². The molecule has 0 fully saturated rings. The molecule has 0 unspecified atom stereocenters. The number of ether oxygens (including phenoxy) is 1. The Morgan fingerprint density at radius 1 is 1.39 bits per heavy atom. The number of nitrogen functional groups attached to an aromatic ring is 1. The van der Waals surface area contributed by atoms with Gasteiger partial charge in [0.25, 0.3) is 0 Å². The molecule has 1 aromatic carbocycles. The molecule has 3 nitrogen and oxygen atoms in total. The van der Waals surface area contributed by atoms with Crippen molar-refractivity contribution < 1.29 is 9.53 Å². The van der Waals surface area contributed by atoms with Gasteiger partial charge in [0.1, 0.15) is 0 Å². The van der Waals surface area contributed by atoms with Gasteiger partial charge in [-0.25, -0.2) is 4.79 Å². The topological polar surface area (TPSA) is 52.3 Å². The zero-order valence-electron chi connectivity index (χ0n) is 9.56. The number of rotatable bonds is 4. The van der Waals surface area contributed by atoms with Gasteiger partial charge in [-0.15, -0.1) is 0 Å². The van der Waals surface area contributed by atoms with E-state index in [1.165, 1.54) is 0 Å². The van der Waals surface area contributed by atoms with E-state index >= 15 is 0 Å². The van der Waals surface area contributed by atoms with Gasteiger partial charge in [-0.2, -0.15) is 11.3 Å². The monoisotopic (exact) mass is 281 g/mol. The highest BCUT2D eigenvalue weighted by Gasteiger charge is 2.13. The molecule has 0 aliphatic rings. The second-order valence-electron chi connectivity index (χ2n) is 3.73. The van der Waals surface area contributed by atoms with Crippen LogP contribution in [-0.2, 0) is 11.2 Å². The minimum atomic E-state index is -0.442. The lowest BCUT2D eigenvalue weighted by Crippen LogP contribution is -2.09. The molecule has 0 amide bonds. The molecule has 0 saturated carbocycles. The average molecular weight is 282 g/mol. The van der Waals surface area contributed by atoms with Crippen molar-refractivity contribution in [2.45, 2.75) is 6.42 Å². The summed E-state index contributed by atoms with van der Waals surface area (Å²) in [4.78, 5) is 11.8. The number of carbonyl (C=O) groups is 1. The molecule has 0 radical (unpaired) electrons. The van der Waals surface area contributed by atoms with E-state index in [1.54, 1.807) is 29.5 Å². The van der Waals surface area contributed by atoms with Crippen LogP contribution >= 0.6 is 22.9 Å². The fourth-order valence-electron chi connectivity index (χ4n) is 1.48. The molecular weight excluding hydrogens is 270 g/mol. The van der Waals surface area contributed by atoms with Crippen LogP contribution in [0.5, 0.6) is 0 Å². The largest absolute Gasteiger partial charge is 0.462 e. The zero-order valence-corrected chi connectivity index (χ0v) is 11.1. The minimum absolute atomic E-state index is 0.248. The Labute approximate surface area is 114 Å². The quantitative estimate of drug-likeness (QED) is 0.690. The van der Waals surface area contributed by atoms with Gasteiger partial charge in [-0.05, 0) is 34.5 Å². The van der Waals surface area contributed by atoms with Gasteiger partial charge < -0.3 is 10.5 Å². The standard InChI is InChI=1S/C13H12ClNO2S/c14-12-10(2-1-3-11(12)15)13(16)17-6-4-9-5-7-18-8-9/h1-3,5,7-8H,4,6,15H2. The third-order valence-corrected chi connectivity index (χ3v) is 3.61. The number of carbonyl (C=O) groups excluding carboxylic acids is 1. The lowest BCUT2D eigenvalue weighted by molar-refractivity contribution is 0.0509. The molecule has 2 aromatic rings. The number of hydrogen-bond donors (Lipinski definition) is 1. The summed E-state index contributed by atoms with van der Waals surface area (Å²) < 4.78 is 5.16. The molecule has 0 spiro atoms. The van der Waals surface area contributed by atoms with Crippen molar-refractivity contribution in [1.29, 1.82) is 0 Å². The summed E-state index contributed by atoms with van der Waals surface area (Å²) in [6, 6.07) is 6.93. The predicted molar refractivity (Wildman–Crippen MR) is 74.2 cm³/mol. The summed E-state index contributed by atoms with van der Waals surface area (Å²) in [5.74, 6) is -0.442. The van der Waals surface area contributed by atoms with E-state index < -0.39 is 5.97 Å². The van der Waals surface area contributed by atoms with Crippen LogP contribution in [0.4, 0.5) is 5.69 Å². The molecule has 94 valence electrons. The van der Waals surface area contributed by atoms with E-state index in [2.05, 4.69) is 0 Å². The van der Waals surface area contributed by atoms with Gasteiger partial charge in [-0.1, -0.05) is 17.7 Å². The highest BCUT2D eigenvalue weighted by atomic mass is 35.5. The Hall–Kier alpha value is -1.52. The zero-order chi connectivity index (χ0) is 13.0. The average Bonchev–Trinajstić information content (AvgIpc) is 2.85. The molecule has 2 rings (SSSR count). The van der Waals surface area contributed by atoms with E-state index in [-0.39, 0.29) is 5.02 Å². The second kappa shape index (κ2) is 5.89. The van der Waals surface area contributed by atoms with E-state index in [9.17, 15) is 4.79 Å². The molecule has 0 aliphatic carbocycles. The molecule has 2 N–H and O–H groups in total. The first kappa shape index (κ1) is 12.9. The number of hydrogen-bond acceptors (Lipinski definition) is 4. The second-order valence-corrected chi connectivity index (χ2v) is 4.88. The van der Waals surface area contributed by atoms with Crippen LogP contribution in [0.25, 0.3) is 0 Å². The number of thiophene rings is 1. The molecule has 5 heteroatoms.